The van der Waals surface area contributed by atoms with Crippen LogP contribution in [0.3, 0.4) is 0 Å². The van der Waals surface area contributed by atoms with E-state index in [-0.39, 0.29) is 22.6 Å². The van der Waals surface area contributed by atoms with E-state index in [4.69, 9.17) is 5.11 Å². The Morgan fingerprint density at radius 3 is 2.35 bits per heavy atom. The molecule has 0 unspecified atom stereocenters. The highest BCUT2D eigenvalue weighted by atomic mass is 32.2. The summed E-state index contributed by atoms with van der Waals surface area (Å²) in [5.41, 5.74) is -0.0333. The molecule has 7 heteroatoms. The first-order valence-electron chi connectivity index (χ1n) is 6.19. The van der Waals surface area contributed by atoms with Crippen LogP contribution >= 0.6 is 0 Å². The summed E-state index contributed by atoms with van der Waals surface area (Å²) in [6.45, 7) is 3.10. The Labute approximate surface area is 117 Å². The Morgan fingerprint density at radius 2 is 1.85 bits per heavy atom. The summed E-state index contributed by atoms with van der Waals surface area (Å²) < 4.78 is 23.8. The molecular weight excluding hydrogens is 282 g/mol. The fourth-order valence-corrected chi connectivity index (χ4v) is 2.75. The van der Waals surface area contributed by atoms with Gasteiger partial charge in [0.1, 0.15) is 6.04 Å². The molecule has 0 spiro atoms. The number of sulfone groups is 1. The predicted octanol–water partition coefficient (Wildman–Crippen LogP) is 1.07. The van der Waals surface area contributed by atoms with E-state index < -0.39 is 27.8 Å². The number of carboxylic acid groups (broad SMARTS) is 1. The number of aliphatic carboxylic acids is 1. The van der Waals surface area contributed by atoms with E-state index in [0.29, 0.717) is 0 Å². The second-order valence-electron chi connectivity index (χ2n) is 4.17. The van der Waals surface area contributed by atoms with Crippen LogP contribution in [0.2, 0.25) is 0 Å². The number of carbonyl (C=O) groups excluding carboxylic acids is 1. The van der Waals surface area contributed by atoms with Crippen LogP contribution in [0.15, 0.2) is 29.2 Å². The number of hydrogen-bond donors (Lipinski definition) is 2. The average Bonchev–Trinajstić information content (AvgIpc) is 2.44. The summed E-state index contributed by atoms with van der Waals surface area (Å²) in [6, 6.07) is 4.72. The van der Waals surface area contributed by atoms with E-state index >= 15 is 0 Å². The molecule has 0 aliphatic rings. The van der Waals surface area contributed by atoms with Gasteiger partial charge in [0.25, 0.3) is 5.91 Å². The Morgan fingerprint density at radius 1 is 1.25 bits per heavy atom. The molecule has 0 saturated heterocycles. The summed E-state index contributed by atoms with van der Waals surface area (Å²) in [5, 5.41) is 11.2. The summed E-state index contributed by atoms with van der Waals surface area (Å²) in [7, 11) is -3.54. The lowest BCUT2D eigenvalue weighted by molar-refractivity contribution is -0.139. The standard InChI is InChI=1S/C13H17NO5S/c1-3-10(13(16)17)14-12(15)9-7-5-6-8-11(9)20(18,19)4-2/h5-8,10H,3-4H2,1-2H3,(H,14,15)(H,16,17)/t10-/m1/s1. The zero-order chi connectivity index (χ0) is 15.3. The summed E-state index contributed by atoms with van der Waals surface area (Å²) in [6.07, 6.45) is 0.212. The lowest BCUT2D eigenvalue weighted by Gasteiger charge is -2.14. The number of carboxylic acids is 1. The van der Waals surface area contributed by atoms with Gasteiger partial charge in [-0.25, -0.2) is 13.2 Å². The largest absolute Gasteiger partial charge is 0.480 e. The van der Waals surface area contributed by atoms with Gasteiger partial charge in [0.15, 0.2) is 9.84 Å². The topological polar surface area (TPSA) is 101 Å². The lowest BCUT2D eigenvalue weighted by Crippen LogP contribution is -2.40. The fraction of sp³-hybridized carbons (Fsp3) is 0.385. The second-order valence-corrected chi connectivity index (χ2v) is 6.42. The summed E-state index contributed by atoms with van der Waals surface area (Å²) >= 11 is 0. The molecular formula is C13H17NO5S. The maximum Gasteiger partial charge on any atom is 0.326 e. The highest BCUT2D eigenvalue weighted by molar-refractivity contribution is 7.91. The van der Waals surface area contributed by atoms with E-state index in [1.807, 2.05) is 0 Å². The van der Waals surface area contributed by atoms with Crippen molar-refractivity contribution in [3.8, 4) is 0 Å². The van der Waals surface area contributed by atoms with E-state index in [1.54, 1.807) is 6.92 Å². The smallest absolute Gasteiger partial charge is 0.326 e. The van der Waals surface area contributed by atoms with Crippen LogP contribution in [0.5, 0.6) is 0 Å². The third-order valence-electron chi connectivity index (χ3n) is 2.86. The fourth-order valence-electron chi connectivity index (χ4n) is 1.66. The van der Waals surface area contributed by atoms with E-state index in [0.717, 1.165) is 0 Å². The third kappa shape index (κ3) is 3.57. The Bertz CT molecular complexity index is 609. The zero-order valence-corrected chi connectivity index (χ0v) is 12.1. The third-order valence-corrected chi connectivity index (χ3v) is 4.64. The Kier molecular flexibility index (Phi) is 5.26. The molecule has 0 bridgehead atoms. The van der Waals surface area contributed by atoms with Crippen LogP contribution in [0, 0.1) is 0 Å². The minimum atomic E-state index is -3.54. The zero-order valence-electron chi connectivity index (χ0n) is 11.3. The monoisotopic (exact) mass is 299 g/mol. The predicted molar refractivity (Wildman–Crippen MR) is 73.3 cm³/mol. The maximum atomic E-state index is 12.1. The number of rotatable bonds is 6. The molecule has 1 atom stereocenters. The van der Waals surface area contributed by atoms with Gasteiger partial charge >= 0.3 is 5.97 Å². The maximum absolute atomic E-state index is 12.1. The molecule has 1 amide bonds. The lowest BCUT2D eigenvalue weighted by atomic mass is 10.1. The van der Waals surface area contributed by atoms with E-state index in [1.165, 1.54) is 31.2 Å². The first-order chi connectivity index (χ1) is 9.33. The quantitative estimate of drug-likeness (QED) is 0.818. The summed E-state index contributed by atoms with van der Waals surface area (Å²) in [4.78, 5) is 22.9. The van der Waals surface area contributed by atoms with Crippen molar-refractivity contribution in [2.75, 3.05) is 5.75 Å². The molecule has 2 N–H and O–H groups in total. The van der Waals surface area contributed by atoms with Crippen LogP contribution in [-0.4, -0.2) is 37.2 Å². The summed E-state index contributed by atoms with van der Waals surface area (Å²) in [5.74, 6) is -1.99. The number of benzene rings is 1. The molecule has 1 aromatic rings. The molecule has 0 heterocycles. The van der Waals surface area contributed by atoms with Crippen LogP contribution in [0.25, 0.3) is 0 Å². The van der Waals surface area contributed by atoms with Crippen molar-refractivity contribution in [1.29, 1.82) is 0 Å². The molecule has 0 saturated carbocycles. The normalized spacial score (nSPS) is 12.7. The van der Waals surface area contributed by atoms with Crippen molar-refractivity contribution in [1.82, 2.24) is 5.32 Å². The average molecular weight is 299 g/mol. The van der Waals surface area contributed by atoms with Crippen molar-refractivity contribution in [2.24, 2.45) is 0 Å². The molecule has 0 fully saturated rings. The van der Waals surface area contributed by atoms with Crippen molar-refractivity contribution in [3.05, 3.63) is 29.8 Å². The van der Waals surface area contributed by atoms with Crippen molar-refractivity contribution in [3.63, 3.8) is 0 Å². The molecule has 0 aliphatic carbocycles. The van der Waals surface area contributed by atoms with Crippen LogP contribution in [0.1, 0.15) is 30.6 Å². The molecule has 110 valence electrons. The molecule has 1 aromatic carbocycles. The van der Waals surface area contributed by atoms with Gasteiger partial charge in [-0.1, -0.05) is 26.0 Å². The Hall–Kier alpha value is -1.89. The van der Waals surface area contributed by atoms with Gasteiger partial charge in [-0.2, -0.15) is 0 Å². The first-order valence-corrected chi connectivity index (χ1v) is 7.84. The number of amides is 1. The molecule has 0 aromatic heterocycles. The SMILES string of the molecule is CC[C@@H](NC(=O)c1ccccc1S(=O)(=O)CC)C(=O)O. The van der Waals surface area contributed by atoms with Gasteiger partial charge in [0.05, 0.1) is 16.2 Å². The number of nitrogens with one attached hydrogen (secondary N) is 1. The van der Waals surface area contributed by atoms with Gasteiger partial charge in [0.2, 0.25) is 0 Å². The molecule has 6 nitrogen and oxygen atoms in total. The van der Waals surface area contributed by atoms with E-state index in [9.17, 15) is 18.0 Å². The van der Waals surface area contributed by atoms with Crippen LogP contribution in [0.4, 0.5) is 0 Å². The van der Waals surface area contributed by atoms with Crippen molar-refractivity contribution >= 4 is 21.7 Å². The Balaban J connectivity index is 3.15. The molecule has 0 aliphatic heterocycles. The molecule has 20 heavy (non-hydrogen) atoms. The highest BCUT2D eigenvalue weighted by Gasteiger charge is 2.24. The number of hydrogen-bond acceptors (Lipinski definition) is 4. The molecule has 0 radical (unpaired) electrons. The van der Waals surface area contributed by atoms with Gasteiger partial charge in [-0.15, -0.1) is 0 Å². The van der Waals surface area contributed by atoms with Crippen molar-refractivity contribution in [2.45, 2.75) is 31.2 Å². The minimum Gasteiger partial charge on any atom is -0.480 e. The van der Waals surface area contributed by atoms with E-state index in [2.05, 4.69) is 5.32 Å². The molecule has 1 rings (SSSR count). The second kappa shape index (κ2) is 6.51. The first kappa shape index (κ1) is 16.2. The van der Waals surface area contributed by atoms with Gasteiger partial charge < -0.3 is 10.4 Å². The van der Waals surface area contributed by atoms with Crippen LogP contribution in [-0.2, 0) is 14.6 Å². The van der Waals surface area contributed by atoms with Gasteiger partial charge in [-0.3, -0.25) is 4.79 Å². The van der Waals surface area contributed by atoms with Gasteiger partial charge in [-0.05, 0) is 18.6 Å². The van der Waals surface area contributed by atoms with Crippen molar-refractivity contribution < 1.29 is 23.1 Å². The number of carbonyl (C=O) groups is 2. The minimum absolute atomic E-state index is 0.0333. The van der Waals surface area contributed by atoms with Crippen LogP contribution < -0.4 is 5.32 Å². The van der Waals surface area contributed by atoms with Gasteiger partial charge in [0, 0.05) is 0 Å². The highest BCUT2D eigenvalue weighted by Crippen LogP contribution is 2.17.